The molecule has 0 radical (unpaired) electrons. The molecule has 3 aromatic heterocycles. The number of alkyl halides is 9. The van der Waals surface area contributed by atoms with E-state index in [1.54, 1.807) is 6.07 Å². The molecule has 2 amide bonds. The Hall–Kier alpha value is -3.93. The van der Waals surface area contributed by atoms with E-state index < -0.39 is 104 Å². The highest BCUT2D eigenvalue weighted by molar-refractivity contribution is 5.92. The van der Waals surface area contributed by atoms with E-state index in [1.807, 2.05) is 0 Å². The molecule has 3 N–H and O–H groups in total. The van der Waals surface area contributed by atoms with E-state index in [1.165, 1.54) is 16.9 Å². The number of halogens is 9. The quantitative estimate of drug-likeness (QED) is 0.252. The molecule has 0 spiro atoms. The van der Waals surface area contributed by atoms with Crippen LogP contribution in [0.1, 0.15) is 97.2 Å². The van der Waals surface area contributed by atoms with Crippen LogP contribution in [0.5, 0.6) is 0 Å². The normalized spacial score (nSPS) is 23.4. The number of rotatable bonds is 11. The molecular weight excluding hydrogens is 663 g/mol. The highest BCUT2D eigenvalue weighted by Crippen LogP contribution is 2.56. The third kappa shape index (κ3) is 6.68. The lowest BCUT2D eigenvalue weighted by Crippen LogP contribution is -2.60. The smallest absolute Gasteiger partial charge is 0.364 e. The molecule has 3 fully saturated rings. The highest BCUT2D eigenvalue weighted by Gasteiger charge is 2.71. The summed E-state index contributed by atoms with van der Waals surface area (Å²) < 4.78 is 124. The van der Waals surface area contributed by atoms with Crippen molar-refractivity contribution in [3.05, 3.63) is 41.1 Å². The van der Waals surface area contributed by atoms with Gasteiger partial charge in [0.15, 0.2) is 5.65 Å². The van der Waals surface area contributed by atoms with Gasteiger partial charge in [-0.25, -0.2) is 23.0 Å². The van der Waals surface area contributed by atoms with Crippen LogP contribution >= 0.6 is 0 Å². The monoisotopic (exact) mass is 694 g/mol. The van der Waals surface area contributed by atoms with E-state index in [-0.39, 0.29) is 35.8 Å². The van der Waals surface area contributed by atoms with Crippen molar-refractivity contribution in [1.82, 2.24) is 34.9 Å². The van der Waals surface area contributed by atoms with E-state index in [0.29, 0.717) is 5.56 Å². The number of hydrogen-bond acceptors (Lipinski definition) is 6. The minimum Gasteiger partial charge on any atom is -0.364 e. The molecule has 6 rings (SSSR count). The number of carbonyl (C=O) groups excluding carboxylic acids is 2. The van der Waals surface area contributed by atoms with Gasteiger partial charge in [-0.2, -0.15) is 35.8 Å². The lowest BCUT2D eigenvalue weighted by atomic mass is 9.75. The fourth-order valence-corrected chi connectivity index (χ4v) is 6.68. The van der Waals surface area contributed by atoms with Gasteiger partial charge in [-0.15, -0.1) is 5.10 Å². The molecule has 1 unspecified atom stereocenters. The number of hydrogen-bond donors (Lipinski definition) is 2. The molecule has 3 saturated carbocycles. The predicted octanol–water partition coefficient (Wildman–Crippen LogP) is 5.58. The molecule has 48 heavy (non-hydrogen) atoms. The van der Waals surface area contributed by atoms with E-state index in [9.17, 15) is 49.1 Å². The van der Waals surface area contributed by atoms with Gasteiger partial charge in [-0.1, -0.05) is 5.21 Å². The molecule has 3 aromatic rings. The van der Waals surface area contributed by atoms with Crippen molar-refractivity contribution < 1.29 is 49.1 Å². The van der Waals surface area contributed by atoms with Gasteiger partial charge in [0, 0.05) is 25.7 Å². The number of primary amides is 1. The Morgan fingerprint density at radius 2 is 1.73 bits per heavy atom. The topological polar surface area (TPSA) is 133 Å². The van der Waals surface area contributed by atoms with Gasteiger partial charge < -0.3 is 11.1 Å². The molecule has 0 saturated heterocycles. The van der Waals surface area contributed by atoms with Gasteiger partial charge in [-0.3, -0.25) is 9.59 Å². The maximum atomic E-state index is 14.2. The average molecular weight is 695 g/mol. The van der Waals surface area contributed by atoms with Gasteiger partial charge in [-0.05, 0) is 49.1 Å². The number of carbonyl (C=O) groups is 2. The summed E-state index contributed by atoms with van der Waals surface area (Å²) >= 11 is 0. The summed E-state index contributed by atoms with van der Waals surface area (Å²) in [4.78, 5) is 29.6. The zero-order chi connectivity index (χ0) is 34.8. The predicted molar refractivity (Wildman–Crippen MR) is 147 cm³/mol. The first-order valence-electron chi connectivity index (χ1n) is 15.4. The van der Waals surface area contributed by atoms with Crippen LogP contribution < -0.4 is 11.1 Å². The van der Waals surface area contributed by atoms with Crippen molar-refractivity contribution in [2.24, 2.45) is 23.5 Å². The van der Waals surface area contributed by atoms with Crippen LogP contribution in [0.15, 0.2) is 18.5 Å². The zero-order valence-electron chi connectivity index (χ0n) is 25.2. The summed E-state index contributed by atoms with van der Waals surface area (Å²) in [5.74, 6) is -17.0. The lowest BCUT2D eigenvalue weighted by molar-refractivity contribution is -0.316. The molecule has 3 aliphatic rings. The van der Waals surface area contributed by atoms with E-state index >= 15 is 0 Å². The molecule has 0 aliphatic heterocycles. The van der Waals surface area contributed by atoms with E-state index in [2.05, 4.69) is 25.7 Å². The number of imidazole rings is 1. The second-order valence-electron chi connectivity index (χ2n) is 13.0. The Kier molecular flexibility index (Phi) is 8.41. The van der Waals surface area contributed by atoms with Crippen molar-refractivity contribution in [2.45, 2.75) is 100 Å². The molecule has 19 heteroatoms. The average Bonchev–Trinajstić information content (AvgIpc) is 3.61. The maximum absolute atomic E-state index is 14.2. The number of fused-ring (bicyclic) bond motifs is 1. The molecule has 0 bridgehead atoms. The maximum Gasteiger partial charge on any atom is 0.389 e. The SMILES string of the molecule is NC(=O)c1c([C@H](c2cn3ncc([C@H](NC(=O)CCC(F)(F)F)C4CC4)cc3n2)C2CCC(F)(F)CC2)nnn1CC1CC(F)(F)C1(F)F. The Morgan fingerprint density at radius 1 is 1.04 bits per heavy atom. The highest BCUT2D eigenvalue weighted by atomic mass is 19.4. The third-order valence-electron chi connectivity index (χ3n) is 9.50. The van der Waals surface area contributed by atoms with Gasteiger partial charge in [0.05, 0.1) is 48.9 Å². The van der Waals surface area contributed by atoms with Crippen LogP contribution in [-0.2, 0) is 11.3 Å². The number of nitrogens with two attached hydrogens (primary N) is 1. The first-order chi connectivity index (χ1) is 22.3. The van der Waals surface area contributed by atoms with Crippen LogP contribution in [0.25, 0.3) is 5.65 Å². The summed E-state index contributed by atoms with van der Waals surface area (Å²) in [5.41, 5.74) is 5.93. The molecule has 0 aromatic carbocycles. The number of aromatic nitrogens is 6. The Morgan fingerprint density at radius 3 is 2.31 bits per heavy atom. The Bertz CT molecular complexity index is 1690. The van der Waals surface area contributed by atoms with Gasteiger partial charge in [0.1, 0.15) is 11.4 Å². The lowest BCUT2D eigenvalue weighted by Gasteiger charge is -2.43. The fraction of sp³-hybridized carbons (Fsp3) is 0.655. The van der Waals surface area contributed by atoms with Crippen molar-refractivity contribution in [3.8, 4) is 0 Å². The van der Waals surface area contributed by atoms with Crippen molar-refractivity contribution in [2.75, 3.05) is 0 Å². The summed E-state index contributed by atoms with van der Waals surface area (Å²) in [6, 6.07) is 0.929. The van der Waals surface area contributed by atoms with Gasteiger partial charge >= 0.3 is 18.0 Å². The fourth-order valence-electron chi connectivity index (χ4n) is 6.68. The number of nitrogens with one attached hydrogen (secondary N) is 1. The zero-order valence-corrected chi connectivity index (χ0v) is 25.2. The largest absolute Gasteiger partial charge is 0.389 e. The molecular formula is C29H31F9N8O2. The molecule has 3 atom stereocenters. The molecule has 10 nitrogen and oxygen atoms in total. The van der Waals surface area contributed by atoms with Gasteiger partial charge in [0.2, 0.25) is 11.8 Å². The molecule has 3 heterocycles. The van der Waals surface area contributed by atoms with E-state index in [0.717, 1.165) is 17.5 Å². The van der Waals surface area contributed by atoms with Crippen LogP contribution in [0.3, 0.4) is 0 Å². The van der Waals surface area contributed by atoms with Crippen molar-refractivity contribution >= 4 is 17.5 Å². The van der Waals surface area contributed by atoms with Crippen LogP contribution in [0, 0.1) is 17.8 Å². The Labute approximate surface area is 266 Å². The van der Waals surface area contributed by atoms with Crippen molar-refractivity contribution in [3.63, 3.8) is 0 Å². The standard InChI is InChI=1S/C29H31F9N8O2/c30-26(31)6-3-14(4-7-26)21(23-24(25(39)48)46(44-43-23)12-17-10-27(32,33)29(17,37)38)18-13-45-19(41-18)9-16(11-40-45)22(15-1-2-15)42-20(47)5-8-28(34,35)36/h9,11,13-15,17,21-22H,1-8,10,12H2,(H2,39,48)(H,42,47)/t17?,21-,22+/m0/s1. The number of nitrogens with zero attached hydrogens (tertiary/aromatic N) is 6. The first kappa shape index (κ1) is 34.0. The van der Waals surface area contributed by atoms with E-state index in [4.69, 9.17) is 5.73 Å². The molecule has 262 valence electrons. The molecule has 3 aliphatic carbocycles. The van der Waals surface area contributed by atoms with Crippen LogP contribution in [0.2, 0.25) is 0 Å². The summed E-state index contributed by atoms with van der Waals surface area (Å²) in [6.45, 7) is -0.795. The minimum atomic E-state index is -4.50. The number of amides is 2. The third-order valence-corrected chi connectivity index (χ3v) is 9.50. The van der Waals surface area contributed by atoms with Crippen molar-refractivity contribution in [1.29, 1.82) is 0 Å². The van der Waals surface area contributed by atoms with Crippen LogP contribution in [0.4, 0.5) is 39.5 Å². The minimum absolute atomic E-state index is 0.0358. The van der Waals surface area contributed by atoms with Gasteiger partial charge in [0.25, 0.3) is 5.91 Å². The first-order valence-corrected chi connectivity index (χ1v) is 15.4. The second-order valence-corrected chi connectivity index (χ2v) is 13.0. The van der Waals surface area contributed by atoms with Crippen LogP contribution in [-0.4, -0.2) is 65.4 Å². The summed E-state index contributed by atoms with van der Waals surface area (Å²) in [7, 11) is 0. The summed E-state index contributed by atoms with van der Waals surface area (Å²) in [6.07, 6.45) is -4.45. The summed E-state index contributed by atoms with van der Waals surface area (Å²) in [5, 5.41) is 14.8. The second kappa shape index (κ2) is 11.9. The Balaban J connectivity index is 1.33.